The topological polar surface area (TPSA) is 37.8 Å². The molecule has 17 heavy (non-hydrogen) atoms. The van der Waals surface area contributed by atoms with Crippen LogP contribution < -0.4 is 5.32 Å². The lowest BCUT2D eigenvalue weighted by Crippen LogP contribution is -2.23. The number of aromatic nitrogens is 2. The molecule has 0 aromatic carbocycles. The van der Waals surface area contributed by atoms with E-state index >= 15 is 0 Å². The molecular formula is C14H25N3. The molecule has 1 aromatic rings. The molecule has 0 unspecified atom stereocenters. The molecule has 96 valence electrons. The first-order valence-corrected chi connectivity index (χ1v) is 6.56. The molecule has 3 heteroatoms. The predicted molar refractivity (Wildman–Crippen MR) is 73.2 cm³/mol. The Morgan fingerprint density at radius 2 is 2.00 bits per heavy atom. The maximum atomic E-state index is 4.22. The largest absolute Gasteiger partial charge is 0.369 e. The monoisotopic (exact) mass is 235 g/mol. The standard InChI is InChI=1S/C14H25N3/c1-5-6-7-8-14(3,4)10-15-13-9-12(2)16-11-17-13/h9,11H,5-8,10H2,1-4H3,(H,15,16,17). The number of unbranched alkanes of at least 4 members (excludes halogenated alkanes) is 2. The van der Waals surface area contributed by atoms with Crippen molar-refractivity contribution in [3.8, 4) is 0 Å². The van der Waals surface area contributed by atoms with Crippen LogP contribution in [-0.4, -0.2) is 16.5 Å². The van der Waals surface area contributed by atoms with Crippen molar-refractivity contribution in [1.82, 2.24) is 9.97 Å². The summed E-state index contributed by atoms with van der Waals surface area (Å²) in [6, 6.07) is 1.99. The molecule has 0 aliphatic rings. The summed E-state index contributed by atoms with van der Waals surface area (Å²) in [6.07, 6.45) is 6.80. The Hall–Kier alpha value is -1.12. The second-order valence-corrected chi connectivity index (χ2v) is 5.52. The maximum absolute atomic E-state index is 4.22. The number of anilines is 1. The van der Waals surface area contributed by atoms with E-state index in [2.05, 4.69) is 36.1 Å². The number of hydrogen-bond donors (Lipinski definition) is 1. The minimum Gasteiger partial charge on any atom is -0.369 e. The summed E-state index contributed by atoms with van der Waals surface area (Å²) >= 11 is 0. The Labute approximate surface area is 105 Å². The van der Waals surface area contributed by atoms with Crippen LogP contribution in [0.5, 0.6) is 0 Å². The molecule has 0 saturated heterocycles. The van der Waals surface area contributed by atoms with Crippen molar-refractivity contribution in [3.05, 3.63) is 18.1 Å². The SMILES string of the molecule is CCCCCC(C)(C)CNc1cc(C)ncn1. The molecule has 0 aliphatic carbocycles. The molecule has 1 N–H and O–H groups in total. The van der Waals surface area contributed by atoms with Gasteiger partial charge in [-0.15, -0.1) is 0 Å². The Morgan fingerprint density at radius 1 is 1.24 bits per heavy atom. The molecule has 1 rings (SSSR count). The third-order valence-electron chi connectivity index (χ3n) is 3.01. The van der Waals surface area contributed by atoms with Gasteiger partial charge in [-0.05, 0) is 18.8 Å². The highest BCUT2D eigenvalue weighted by atomic mass is 15.0. The quantitative estimate of drug-likeness (QED) is 0.730. The Balaban J connectivity index is 2.38. The van der Waals surface area contributed by atoms with Gasteiger partial charge in [0.05, 0.1) is 0 Å². The first-order valence-electron chi connectivity index (χ1n) is 6.56. The van der Waals surface area contributed by atoms with Crippen molar-refractivity contribution in [3.63, 3.8) is 0 Å². The van der Waals surface area contributed by atoms with Crippen LogP contribution in [-0.2, 0) is 0 Å². The molecule has 0 spiro atoms. The lowest BCUT2D eigenvalue weighted by atomic mass is 9.87. The molecular weight excluding hydrogens is 210 g/mol. The molecule has 0 aliphatic heterocycles. The molecule has 1 aromatic heterocycles. The van der Waals surface area contributed by atoms with Crippen molar-refractivity contribution in [2.75, 3.05) is 11.9 Å². The van der Waals surface area contributed by atoms with Crippen LogP contribution in [0.2, 0.25) is 0 Å². The first kappa shape index (κ1) is 13.9. The Morgan fingerprint density at radius 3 is 2.65 bits per heavy atom. The number of rotatable bonds is 7. The average molecular weight is 235 g/mol. The molecule has 1 heterocycles. The van der Waals surface area contributed by atoms with Crippen molar-refractivity contribution in [2.24, 2.45) is 5.41 Å². The summed E-state index contributed by atoms with van der Waals surface area (Å²) in [5.74, 6) is 0.932. The van der Waals surface area contributed by atoms with Crippen LogP contribution in [0.25, 0.3) is 0 Å². The molecule has 0 atom stereocenters. The fourth-order valence-corrected chi connectivity index (χ4v) is 1.82. The highest BCUT2D eigenvalue weighted by molar-refractivity contribution is 5.34. The minimum atomic E-state index is 0.327. The highest BCUT2D eigenvalue weighted by Crippen LogP contribution is 2.24. The fourth-order valence-electron chi connectivity index (χ4n) is 1.82. The maximum Gasteiger partial charge on any atom is 0.129 e. The van der Waals surface area contributed by atoms with E-state index in [0.29, 0.717) is 5.41 Å². The van der Waals surface area contributed by atoms with Gasteiger partial charge in [0.15, 0.2) is 0 Å². The molecule has 0 fully saturated rings. The third-order valence-corrected chi connectivity index (χ3v) is 3.01. The lowest BCUT2D eigenvalue weighted by molar-refractivity contribution is 0.342. The predicted octanol–water partition coefficient (Wildman–Crippen LogP) is 3.80. The summed E-state index contributed by atoms with van der Waals surface area (Å²) in [7, 11) is 0. The molecule has 0 saturated carbocycles. The zero-order valence-electron chi connectivity index (χ0n) is 11.6. The van der Waals surface area contributed by atoms with Crippen LogP contribution in [0.1, 0.15) is 52.1 Å². The zero-order chi connectivity index (χ0) is 12.7. The van der Waals surface area contributed by atoms with E-state index in [9.17, 15) is 0 Å². The van der Waals surface area contributed by atoms with E-state index in [1.165, 1.54) is 25.7 Å². The first-order chi connectivity index (χ1) is 8.03. The van der Waals surface area contributed by atoms with E-state index in [-0.39, 0.29) is 0 Å². The van der Waals surface area contributed by atoms with E-state index in [0.717, 1.165) is 18.1 Å². The summed E-state index contributed by atoms with van der Waals surface area (Å²) in [5, 5.41) is 3.40. The summed E-state index contributed by atoms with van der Waals surface area (Å²) in [4.78, 5) is 8.31. The van der Waals surface area contributed by atoms with Crippen molar-refractivity contribution < 1.29 is 0 Å². The lowest BCUT2D eigenvalue weighted by Gasteiger charge is -2.25. The van der Waals surface area contributed by atoms with Crippen molar-refractivity contribution in [1.29, 1.82) is 0 Å². The third kappa shape index (κ3) is 5.66. The molecule has 3 nitrogen and oxygen atoms in total. The van der Waals surface area contributed by atoms with E-state index in [1.54, 1.807) is 6.33 Å². The van der Waals surface area contributed by atoms with Gasteiger partial charge in [-0.25, -0.2) is 9.97 Å². The van der Waals surface area contributed by atoms with Crippen LogP contribution in [0.15, 0.2) is 12.4 Å². The number of nitrogens with zero attached hydrogens (tertiary/aromatic N) is 2. The van der Waals surface area contributed by atoms with Gasteiger partial charge >= 0.3 is 0 Å². The molecule has 0 radical (unpaired) electrons. The summed E-state index contributed by atoms with van der Waals surface area (Å²) < 4.78 is 0. The van der Waals surface area contributed by atoms with Crippen LogP contribution in [0.4, 0.5) is 5.82 Å². The summed E-state index contributed by atoms with van der Waals surface area (Å²) in [5.41, 5.74) is 1.33. The fraction of sp³-hybridized carbons (Fsp3) is 0.714. The molecule has 0 amide bonds. The Kier molecular flexibility index (Phi) is 5.39. The van der Waals surface area contributed by atoms with Gasteiger partial charge in [0.2, 0.25) is 0 Å². The second kappa shape index (κ2) is 6.58. The smallest absolute Gasteiger partial charge is 0.129 e. The van der Waals surface area contributed by atoms with E-state index < -0.39 is 0 Å². The summed E-state index contributed by atoms with van der Waals surface area (Å²) in [6.45, 7) is 9.81. The van der Waals surface area contributed by atoms with Crippen LogP contribution >= 0.6 is 0 Å². The van der Waals surface area contributed by atoms with Gasteiger partial charge < -0.3 is 5.32 Å². The number of hydrogen-bond acceptors (Lipinski definition) is 3. The number of aryl methyl sites for hydroxylation is 1. The number of nitrogens with one attached hydrogen (secondary N) is 1. The van der Waals surface area contributed by atoms with E-state index in [4.69, 9.17) is 0 Å². The van der Waals surface area contributed by atoms with Gasteiger partial charge in [-0.2, -0.15) is 0 Å². The van der Waals surface area contributed by atoms with Gasteiger partial charge in [-0.3, -0.25) is 0 Å². The van der Waals surface area contributed by atoms with Gasteiger partial charge in [-0.1, -0.05) is 40.0 Å². The van der Waals surface area contributed by atoms with Gasteiger partial charge in [0.25, 0.3) is 0 Å². The second-order valence-electron chi connectivity index (χ2n) is 5.52. The van der Waals surface area contributed by atoms with Crippen LogP contribution in [0, 0.1) is 12.3 Å². The van der Waals surface area contributed by atoms with Crippen molar-refractivity contribution in [2.45, 2.75) is 53.4 Å². The molecule has 0 bridgehead atoms. The minimum absolute atomic E-state index is 0.327. The van der Waals surface area contributed by atoms with Gasteiger partial charge in [0, 0.05) is 18.3 Å². The van der Waals surface area contributed by atoms with E-state index in [1.807, 2.05) is 13.0 Å². The zero-order valence-corrected chi connectivity index (χ0v) is 11.6. The Bertz CT molecular complexity index is 334. The average Bonchev–Trinajstić information content (AvgIpc) is 2.27. The normalized spacial score (nSPS) is 11.5. The van der Waals surface area contributed by atoms with Gasteiger partial charge in [0.1, 0.15) is 12.1 Å². The van der Waals surface area contributed by atoms with Crippen molar-refractivity contribution >= 4 is 5.82 Å². The highest BCUT2D eigenvalue weighted by Gasteiger charge is 2.17. The van der Waals surface area contributed by atoms with Crippen LogP contribution in [0.3, 0.4) is 0 Å².